The number of carbonyl (C=O) groups is 1. The van der Waals surface area contributed by atoms with Gasteiger partial charge >= 0.3 is 6.18 Å². The van der Waals surface area contributed by atoms with Crippen molar-refractivity contribution in [3.63, 3.8) is 0 Å². The minimum atomic E-state index is -4.44. The first kappa shape index (κ1) is 19.1. The van der Waals surface area contributed by atoms with E-state index in [-0.39, 0.29) is 12.2 Å². The lowest BCUT2D eigenvalue weighted by Crippen LogP contribution is -2.05. The number of allylic oxidation sites excluding steroid dienone is 1. The lowest BCUT2D eigenvalue weighted by atomic mass is 10.1. The zero-order valence-electron chi connectivity index (χ0n) is 13.7. The molecule has 0 aliphatic carbocycles. The third-order valence-electron chi connectivity index (χ3n) is 3.40. The second-order valence-electron chi connectivity index (χ2n) is 5.13. The summed E-state index contributed by atoms with van der Waals surface area (Å²) in [7, 11) is 1.44. The molecule has 0 unspecified atom stereocenters. The fourth-order valence-corrected chi connectivity index (χ4v) is 2.11. The molecule has 0 heterocycles. The lowest BCUT2D eigenvalue weighted by Gasteiger charge is -2.08. The van der Waals surface area contributed by atoms with E-state index in [1.54, 1.807) is 18.2 Å². The van der Waals surface area contributed by atoms with Gasteiger partial charge in [-0.05, 0) is 35.9 Å². The van der Waals surface area contributed by atoms with E-state index in [1.165, 1.54) is 19.3 Å². The molecule has 2 rings (SSSR count). The van der Waals surface area contributed by atoms with Crippen molar-refractivity contribution >= 4 is 11.9 Å². The summed E-state index contributed by atoms with van der Waals surface area (Å²) in [5.41, 5.74) is -0.0302. The van der Waals surface area contributed by atoms with Crippen LogP contribution in [0.4, 0.5) is 13.2 Å². The number of carbonyl (C=O) groups excluding carboxylic acids is 1. The Morgan fingerprint density at radius 1 is 1.15 bits per heavy atom. The van der Waals surface area contributed by atoms with Crippen LogP contribution in [-0.4, -0.2) is 19.5 Å². The number of alkyl halides is 3. The second-order valence-corrected chi connectivity index (χ2v) is 5.13. The van der Waals surface area contributed by atoms with Gasteiger partial charge in [0.05, 0.1) is 12.7 Å². The van der Waals surface area contributed by atoms with Crippen molar-refractivity contribution in [3.8, 4) is 17.6 Å². The van der Waals surface area contributed by atoms with Gasteiger partial charge in [-0.3, -0.25) is 4.79 Å². The third-order valence-corrected chi connectivity index (χ3v) is 3.40. The zero-order valence-corrected chi connectivity index (χ0v) is 13.7. The highest BCUT2D eigenvalue weighted by atomic mass is 19.4. The number of nitriles is 1. The SMILES string of the molecule is COc1cc(/C=C/C(=O)c2ccc(C(F)(F)F)cc2)ccc1OCC#N. The number of ether oxygens (including phenoxy) is 2. The molecule has 0 aliphatic heterocycles. The molecule has 2 aromatic carbocycles. The average molecular weight is 361 g/mol. The first-order valence-electron chi connectivity index (χ1n) is 7.42. The fourth-order valence-electron chi connectivity index (χ4n) is 2.11. The van der Waals surface area contributed by atoms with E-state index in [1.807, 2.05) is 6.07 Å². The minimum Gasteiger partial charge on any atom is -0.493 e. The summed E-state index contributed by atoms with van der Waals surface area (Å²) in [5, 5.41) is 8.53. The van der Waals surface area contributed by atoms with Crippen molar-refractivity contribution in [2.24, 2.45) is 0 Å². The molecule has 0 aliphatic rings. The number of hydrogen-bond donors (Lipinski definition) is 0. The van der Waals surface area contributed by atoms with Crippen molar-refractivity contribution in [1.82, 2.24) is 0 Å². The van der Waals surface area contributed by atoms with Gasteiger partial charge in [-0.1, -0.05) is 24.3 Å². The third kappa shape index (κ3) is 4.86. The van der Waals surface area contributed by atoms with E-state index in [4.69, 9.17) is 14.7 Å². The normalized spacial score (nSPS) is 11.2. The quantitative estimate of drug-likeness (QED) is 0.561. The van der Waals surface area contributed by atoms with Crippen LogP contribution in [0.3, 0.4) is 0 Å². The summed E-state index contributed by atoms with van der Waals surface area (Å²) in [4.78, 5) is 12.1. The fraction of sp³-hybridized carbons (Fsp3) is 0.158. The summed E-state index contributed by atoms with van der Waals surface area (Å²) < 4.78 is 48.0. The van der Waals surface area contributed by atoms with Crippen LogP contribution in [0.15, 0.2) is 48.5 Å². The van der Waals surface area contributed by atoms with Crippen LogP contribution in [0.5, 0.6) is 11.5 Å². The highest BCUT2D eigenvalue weighted by Gasteiger charge is 2.30. The Morgan fingerprint density at radius 3 is 2.42 bits per heavy atom. The van der Waals surface area contributed by atoms with Crippen LogP contribution in [0.1, 0.15) is 21.5 Å². The lowest BCUT2D eigenvalue weighted by molar-refractivity contribution is -0.137. The Balaban J connectivity index is 2.13. The standard InChI is InChI=1S/C19H14F3NO3/c1-25-18-12-13(3-9-17(18)26-11-10-23)2-8-16(24)14-4-6-15(7-5-14)19(20,21)22/h2-9,12H,11H2,1H3/b8-2+. The van der Waals surface area contributed by atoms with Crippen LogP contribution >= 0.6 is 0 Å². The first-order chi connectivity index (χ1) is 12.3. The van der Waals surface area contributed by atoms with Gasteiger partial charge in [0.1, 0.15) is 6.07 Å². The molecule has 4 nitrogen and oxygen atoms in total. The van der Waals surface area contributed by atoms with Gasteiger partial charge in [0.25, 0.3) is 0 Å². The van der Waals surface area contributed by atoms with Crippen molar-refractivity contribution in [2.75, 3.05) is 13.7 Å². The predicted octanol–water partition coefficient (Wildman–Crippen LogP) is 4.51. The maximum atomic E-state index is 12.5. The van der Waals surface area contributed by atoms with Gasteiger partial charge in [-0.15, -0.1) is 0 Å². The molecule has 134 valence electrons. The Morgan fingerprint density at radius 2 is 1.85 bits per heavy atom. The van der Waals surface area contributed by atoms with Crippen LogP contribution in [0.2, 0.25) is 0 Å². The molecular formula is C19H14F3NO3. The summed E-state index contributed by atoms with van der Waals surface area (Å²) >= 11 is 0. The van der Waals surface area contributed by atoms with Crippen molar-refractivity contribution in [1.29, 1.82) is 5.26 Å². The van der Waals surface area contributed by atoms with E-state index in [0.717, 1.165) is 24.3 Å². The molecule has 0 saturated carbocycles. The monoisotopic (exact) mass is 361 g/mol. The van der Waals surface area contributed by atoms with Gasteiger partial charge < -0.3 is 9.47 Å². The number of benzene rings is 2. The largest absolute Gasteiger partial charge is 0.493 e. The molecule has 2 aromatic rings. The Bertz CT molecular complexity index is 850. The number of hydrogen-bond acceptors (Lipinski definition) is 4. The van der Waals surface area contributed by atoms with Crippen LogP contribution in [0, 0.1) is 11.3 Å². The molecule has 0 atom stereocenters. The predicted molar refractivity (Wildman–Crippen MR) is 88.9 cm³/mol. The summed E-state index contributed by atoms with van der Waals surface area (Å²) in [6, 6.07) is 10.7. The Labute approximate surface area is 148 Å². The maximum Gasteiger partial charge on any atom is 0.416 e. The smallest absolute Gasteiger partial charge is 0.416 e. The molecule has 26 heavy (non-hydrogen) atoms. The molecular weight excluding hydrogens is 347 g/mol. The molecule has 0 radical (unpaired) electrons. The summed E-state index contributed by atoms with van der Waals surface area (Å²) in [6.45, 7) is -0.127. The number of rotatable bonds is 6. The van der Waals surface area contributed by atoms with E-state index >= 15 is 0 Å². The van der Waals surface area contributed by atoms with E-state index in [0.29, 0.717) is 17.1 Å². The van der Waals surface area contributed by atoms with E-state index in [9.17, 15) is 18.0 Å². The van der Waals surface area contributed by atoms with Crippen molar-refractivity contribution in [3.05, 3.63) is 65.2 Å². The highest BCUT2D eigenvalue weighted by Crippen LogP contribution is 2.30. The molecule has 0 aromatic heterocycles. The van der Waals surface area contributed by atoms with E-state index < -0.39 is 17.5 Å². The maximum absolute atomic E-state index is 12.5. The Hall–Kier alpha value is -3.27. The highest BCUT2D eigenvalue weighted by molar-refractivity contribution is 6.06. The van der Waals surface area contributed by atoms with Gasteiger partial charge in [-0.25, -0.2) is 0 Å². The number of halogens is 3. The summed E-state index contributed by atoms with van der Waals surface area (Å²) in [6.07, 6.45) is -1.67. The number of methoxy groups -OCH3 is 1. The molecule has 0 fully saturated rings. The van der Waals surface area contributed by atoms with Crippen molar-refractivity contribution in [2.45, 2.75) is 6.18 Å². The minimum absolute atomic E-state index is 0.127. The van der Waals surface area contributed by atoms with Crippen LogP contribution < -0.4 is 9.47 Å². The first-order valence-corrected chi connectivity index (χ1v) is 7.42. The number of nitrogens with zero attached hydrogens (tertiary/aromatic N) is 1. The van der Waals surface area contributed by atoms with Gasteiger partial charge in [0.2, 0.25) is 0 Å². The zero-order chi connectivity index (χ0) is 19.2. The topological polar surface area (TPSA) is 59.3 Å². The van der Waals surface area contributed by atoms with Gasteiger partial charge in [0.15, 0.2) is 23.9 Å². The molecule has 0 saturated heterocycles. The summed E-state index contributed by atoms with van der Waals surface area (Å²) in [5.74, 6) is 0.354. The number of ketones is 1. The molecule has 0 N–H and O–H groups in total. The van der Waals surface area contributed by atoms with Crippen LogP contribution in [0.25, 0.3) is 6.08 Å². The Kier molecular flexibility index (Phi) is 6.02. The molecule has 7 heteroatoms. The average Bonchev–Trinajstić information content (AvgIpc) is 2.64. The molecule has 0 bridgehead atoms. The van der Waals surface area contributed by atoms with E-state index in [2.05, 4.69) is 0 Å². The van der Waals surface area contributed by atoms with Gasteiger partial charge in [-0.2, -0.15) is 18.4 Å². The van der Waals surface area contributed by atoms with Gasteiger partial charge in [0, 0.05) is 5.56 Å². The van der Waals surface area contributed by atoms with Crippen molar-refractivity contribution < 1.29 is 27.4 Å². The second kappa shape index (κ2) is 8.21. The molecule has 0 spiro atoms. The van der Waals surface area contributed by atoms with Crippen LogP contribution in [-0.2, 0) is 6.18 Å². The molecule has 0 amide bonds.